The molecule has 122 valence electrons. The quantitative estimate of drug-likeness (QED) is 0.281. The first kappa shape index (κ1) is 16.5. The SMILES string of the molecule is O=COC(=O)Oc1ccc([N+](=O)Oc2ccc([N+](=O)O)cc2)cc1. The molecule has 0 heterocycles. The first-order valence-electron chi connectivity index (χ1n) is 6.33. The molecule has 1 N–H and O–H groups in total. The normalized spacial score (nSPS) is 9.67. The Balaban J connectivity index is 2.00. The molecule has 0 atom stereocenters. The second kappa shape index (κ2) is 7.45. The molecule has 0 radical (unpaired) electrons. The van der Waals surface area contributed by atoms with E-state index in [2.05, 4.69) is 9.47 Å². The number of ether oxygens (including phenoxy) is 2. The van der Waals surface area contributed by atoms with Gasteiger partial charge in [0.25, 0.3) is 9.85 Å². The predicted molar refractivity (Wildman–Crippen MR) is 75.0 cm³/mol. The largest absolute Gasteiger partial charge is 0.521 e. The highest BCUT2D eigenvalue weighted by Gasteiger charge is 2.19. The molecule has 0 saturated carbocycles. The fourth-order valence-electron chi connectivity index (χ4n) is 1.58. The van der Waals surface area contributed by atoms with Crippen LogP contribution in [0.25, 0.3) is 0 Å². The van der Waals surface area contributed by atoms with Crippen LogP contribution < -0.4 is 9.57 Å². The molecule has 0 aromatic heterocycles. The van der Waals surface area contributed by atoms with E-state index in [9.17, 15) is 19.4 Å². The van der Waals surface area contributed by atoms with Gasteiger partial charge in [-0.25, -0.2) is 10.0 Å². The summed E-state index contributed by atoms with van der Waals surface area (Å²) < 4.78 is 8.58. The average molecular weight is 334 g/mol. The summed E-state index contributed by atoms with van der Waals surface area (Å²) in [6.07, 6.45) is -1.20. The molecule has 0 aliphatic carbocycles. The van der Waals surface area contributed by atoms with Crippen molar-refractivity contribution in [1.29, 1.82) is 0 Å². The van der Waals surface area contributed by atoms with Crippen LogP contribution in [-0.2, 0) is 9.53 Å². The lowest BCUT2D eigenvalue weighted by Crippen LogP contribution is -2.09. The Labute approximate surface area is 133 Å². The van der Waals surface area contributed by atoms with Crippen molar-refractivity contribution < 1.29 is 39.0 Å². The Hall–Kier alpha value is -3.82. The fraction of sp³-hybridized carbons (Fsp3) is 0. The lowest BCUT2D eigenvalue weighted by molar-refractivity contribution is -0.729. The maximum atomic E-state index is 11.9. The number of hydrogen-bond acceptors (Lipinski definition) is 7. The Morgan fingerprint density at radius 2 is 1.46 bits per heavy atom. The summed E-state index contributed by atoms with van der Waals surface area (Å²) in [4.78, 5) is 48.3. The van der Waals surface area contributed by atoms with Gasteiger partial charge in [0.2, 0.25) is 5.75 Å². The van der Waals surface area contributed by atoms with E-state index in [1.54, 1.807) is 0 Å². The molecule has 0 fully saturated rings. The molecular formula is C14H10N2O8+2. The van der Waals surface area contributed by atoms with E-state index in [4.69, 9.17) is 10.0 Å². The van der Waals surface area contributed by atoms with E-state index in [1.165, 1.54) is 48.5 Å². The Kier molecular flexibility index (Phi) is 5.13. The molecule has 0 bridgehead atoms. The lowest BCUT2D eigenvalue weighted by Gasteiger charge is -2.00. The third kappa shape index (κ3) is 4.34. The van der Waals surface area contributed by atoms with E-state index < -0.39 is 6.16 Å². The maximum absolute atomic E-state index is 11.9. The summed E-state index contributed by atoms with van der Waals surface area (Å²) in [6, 6.07) is 10.3. The van der Waals surface area contributed by atoms with Gasteiger partial charge in [0.1, 0.15) is 5.75 Å². The van der Waals surface area contributed by atoms with Gasteiger partial charge in [-0.05, 0) is 24.3 Å². The van der Waals surface area contributed by atoms with Crippen LogP contribution in [0.2, 0.25) is 0 Å². The van der Waals surface area contributed by atoms with Crippen LogP contribution in [0.4, 0.5) is 16.2 Å². The molecule has 0 amide bonds. The van der Waals surface area contributed by atoms with Crippen molar-refractivity contribution in [3.05, 3.63) is 58.3 Å². The zero-order chi connectivity index (χ0) is 17.5. The van der Waals surface area contributed by atoms with Gasteiger partial charge < -0.3 is 9.47 Å². The molecule has 10 heteroatoms. The van der Waals surface area contributed by atoms with Gasteiger partial charge in [-0.1, -0.05) is 0 Å². The summed E-state index contributed by atoms with van der Waals surface area (Å²) >= 11 is 0. The Morgan fingerprint density at radius 3 is 2.00 bits per heavy atom. The summed E-state index contributed by atoms with van der Waals surface area (Å²) in [5.41, 5.74) is 0.0614. The van der Waals surface area contributed by atoms with Gasteiger partial charge in [0.05, 0.1) is 9.81 Å². The number of carbonyl (C=O) groups excluding carboxylic acids is 2. The molecule has 2 aromatic carbocycles. The van der Waals surface area contributed by atoms with Crippen LogP contribution in [0.1, 0.15) is 0 Å². The van der Waals surface area contributed by atoms with Crippen molar-refractivity contribution in [2.75, 3.05) is 0 Å². The van der Waals surface area contributed by atoms with Crippen LogP contribution in [0.3, 0.4) is 0 Å². The minimum atomic E-state index is -1.20. The molecule has 0 aliphatic rings. The molecule has 0 saturated heterocycles. The van der Waals surface area contributed by atoms with E-state index in [1.807, 2.05) is 0 Å². The van der Waals surface area contributed by atoms with Crippen molar-refractivity contribution in [2.45, 2.75) is 0 Å². The van der Waals surface area contributed by atoms with Crippen LogP contribution in [0.15, 0.2) is 48.5 Å². The van der Waals surface area contributed by atoms with Gasteiger partial charge in [0, 0.05) is 24.3 Å². The third-order valence-electron chi connectivity index (χ3n) is 2.64. The molecule has 10 nitrogen and oxygen atoms in total. The molecular weight excluding hydrogens is 324 g/mol. The summed E-state index contributed by atoms with van der Waals surface area (Å²) in [5.74, 6) is 0.187. The highest BCUT2D eigenvalue weighted by molar-refractivity contribution is 5.71. The summed E-state index contributed by atoms with van der Waals surface area (Å²) in [6.45, 7) is -0.0714. The molecule has 0 spiro atoms. The maximum Gasteiger partial charge on any atom is 0.521 e. The van der Waals surface area contributed by atoms with Crippen LogP contribution in [-0.4, -0.2) is 27.7 Å². The molecule has 0 unspecified atom stereocenters. The van der Waals surface area contributed by atoms with Gasteiger partial charge in [-0.2, -0.15) is 4.84 Å². The monoisotopic (exact) mass is 334 g/mol. The van der Waals surface area contributed by atoms with Crippen molar-refractivity contribution in [3.63, 3.8) is 0 Å². The van der Waals surface area contributed by atoms with Crippen LogP contribution in [0, 0.1) is 9.81 Å². The Morgan fingerprint density at radius 1 is 0.917 bits per heavy atom. The second-order valence-corrected chi connectivity index (χ2v) is 4.18. The topological polar surface area (TPSA) is 122 Å². The van der Waals surface area contributed by atoms with Gasteiger partial charge in [-0.15, -0.1) is 0 Å². The minimum absolute atomic E-state index is 0.0245. The number of rotatable bonds is 6. The number of hydrogen-bond donors (Lipinski definition) is 1. The molecule has 2 rings (SSSR count). The summed E-state index contributed by atoms with van der Waals surface area (Å²) in [7, 11) is 0. The van der Waals surface area contributed by atoms with Crippen molar-refractivity contribution in [3.8, 4) is 11.5 Å². The first-order chi connectivity index (χ1) is 11.5. The van der Waals surface area contributed by atoms with E-state index in [-0.39, 0.29) is 39.2 Å². The third-order valence-corrected chi connectivity index (χ3v) is 2.64. The van der Waals surface area contributed by atoms with Crippen LogP contribution >= 0.6 is 0 Å². The fourth-order valence-corrected chi connectivity index (χ4v) is 1.58. The molecule has 2 aromatic rings. The zero-order valence-corrected chi connectivity index (χ0v) is 11.9. The van der Waals surface area contributed by atoms with Crippen molar-refractivity contribution >= 4 is 24.0 Å². The number of nitrogens with zero attached hydrogens (tertiary/aromatic N) is 2. The highest BCUT2D eigenvalue weighted by atomic mass is 16.8. The van der Waals surface area contributed by atoms with Crippen LogP contribution in [0.5, 0.6) is 11.5 Å². The highest BCUT2D eigenvalue weighted by Crippen LogP contribution is 2.22. The standard InChI is InChI=1S/C14H10N2O8/c17-9-22-14(18)23-12-5-3-11(4-6-12)16(21)24-13-7-1-10(2-8-13)15(19)20/h1-9H,(H,19,20)/q+2. The predicted octanol–water partition coefficient (Wildman–Crippen LogP) is 2.56. The average Bonchev–Trinajstić information content (AvgIpc) is 2.56. The summed E-state index contributed by atoms with van der Waals surface area (Å²) in [5, 5.41) is 8.70. The van der Waals surface area contributed by atoms with Gasteiger partial charge >= 0.3 is 24.0 Å². The van der Waals surface area contributed by atoms with E-state index >= 15 is 0 Å². The smallest absolute Gasteiger partial charge is 0.395 e. The van der Waals surface area contributed by atoms with Crippen molar-refractivity contribution in [1.82, 2.24) is 0 Å². The lowest BCUT2D eigenvalue weighted by atomic mass is 10.3. The molecule has 0 aliphatic heterocycles. The Bertz CT molecular complexity index is 770. The molecule has 24 heavy (non-hydrogen) atoms. The van der Waals surface area contributed by atoms with E-state index in [0.29, 0.717) is 0 Å². The second-order valence-electron chi connectivity index (χ2n) is 4.18. The first-order valence-corrected chi connectivity index (χ1v) is 6.33. The number of carbonyl (C=O) groups is 2. The zero-order valence-electron chi connectivity index (χ0n) is 11.9. The van der Waals surface area contributed by atoms with Crippen molar-refractivity contribution in [2.24, 2.45) is 0 Å². The van der Waals surface area contributed by atoms with E-state index in [0.717, 1.165) is 0 Å². The van der Waals surface area contributed by atoms with Gasteiger partial charge in [-0.3, -0.25) is 4.79 Å². The van der Waals surface area contributed by atoms with Gasteiger partial charge in [0.15, 0.2) is 0 Å². The minimum Gasteiger partial charge on any atom is -0.395 e. The number of benzene rings is 2.